The van der Waals surface area contributed by atoms with E-state index in [1.807, 2.05) is 4.90 Å². The second-order valence-corrected chi connectivity index (χ2v) is 5.28. The third-order valence-electron chi connectivity index (χ3n) is 3.74. The fourth-order valence-corrected chi connectivity index (χ4v) is 2.61. The van der Waals surface area contributed by atoms with E-state index in [9.17, 15) is 9.59 Å². The van der Waals surface area contributed by atoms with Crippen molar-refractivity contribution in [3.05, 3.63) is 35.4 Å². The van der Waals surface area contributed by atoms with Crippen LogP contribution in [0.4, 0.5) is 0 Å². The van der Waals surface area contributed by atoms with Gasteiger partial charge in [-0.3, -0.25) is 9.59 Å². The van der Waals surface area contributed by atoms with Crippen molar-refractivity contribution in [3.63, 3.8) is 0 Å². The lowest BCUT2D eigenvalue weighted by atomic mass is 10.1. The van der Waals surface area contributed by atoms with Gasteiger partial charge in [-0.1, -0.05) is 19.1 Å². The van der Waals surface area contributed by atoms with E-state index in [4.69, 9.17) is 0 Å². The summed E-state index contributed by atoms with van der Waals surface area (Å²) in [5.74, 6) is 0.0880. The van der Waals surface area contributed by atoms with E-state index in [1.54, 1.807) is 24.3 Å². The average Bonchev–Trinajstić information content (AvgIpc) is 2.98. The number of ketones is 1. The average molecular weight is 274 g/mol. The molecule has 0 radical (unpaired) electrons. The molecule has 1 aliphatic rings. The maximum atomic E-state index is 12.6. The van der Waals surface area contributed by atoms with Crippen molar-refractivity contribution in [1.29, 1.82) is 0 Å². The van der Waals surface area contributed by atoms with Gasteiger partial charge < -0.3 is 10.2 Å². The van der Waals surface area contributed by atoms with Crippen molar-refractivity contribution >= 4 is 11.7 Å². The van der Waals surface area contributed by atoms with E-state index >= 15 is 0 Å². The maximum absolute atomic E-state index is 12.6. The van der Waals surface area contributed by atoms with Gasteiger partial charge in [-0.25, -0.2) is 0 Å². The highest BCUT2D eigenvalue weighted by Crippen LogP contribution is 2.15. The molecule has 1 fully saturated rings. The smallest absolute Gasteiger partial charge is 0.254 e. The Hall–Kier alpha value is -1.68. The molecule has 108 valence electrons. The molecular weight excluding hydrogens is 252 g/mol. The van der Waals surface area contributed by atoms with Crippen LogP contribution in [0, 0.1) is 0 Å². The van der Waals surface area contributed by atoms with Crippen molar-refractivity contribution < 1.29 is 9.59 Å². The molecular formula is C16H22N2O2. The van der Waals surface area contributed by atoms with Crippen LogP contribution in [-0.4, -0.2) is 42.3 Å². The summed E-state index contributed by atoms with van der Waals surface area (Å²) in [6.45, 7) is 6.24. The van der Waals surface area contributed by atoms with Crippen LogP contribution in [0.3, 0.4) is 0 Å². The largest absolute Gasteiger partial charge is 0.334 e. The molecule has 1 aliphatic heterocycles. The topological polar surface area (TPSA) is 49.4 Å². The number of carbonyl (C=O) groups excluding carboxylic acids is 2. The molecule has 0 bridgehead atoms. The van der Waals surface area contributed by atoms with E-state index in [0.717, 1.165) is 32.5 Å². The molecule has 1 amide bonds. The Morgan fingerprint density at radius 3 is 2.40 bits per heavy atom. The lowest BCUT2D eigenvalue weighted by molar-refractivity contribution is 0.0692. The van der Waals surface area contributed by atoms with Gasteiger partial charge >= 0.3 is 0 Å². The zero-order valence-corrected chi connectivity index (χ0v) is 12.2. The first kappa shape index (κ1) is 14.7. The van der Waals surface area contributed by atoms with Crippen LogP contribution in [0.5, 0.6) is 0 Å². The highest BCUT2D eigenvalue weighted by atomic mass is 16.2. The number of Topliss-reactive ketones (excluding diaryl/α,β-unsaturated/α-hetero) is 1. The first-order valence-corrected chi connectivity index (χ1v) is 7.26. The molecule has 4 nitrogen and oxygen atoms in total. The minimum Gasteiger partial charge on any atom is -0.334 e. The molecule has 0 spiro atoms. The quantitative estimate of drug-likeness (QED) is 0.837. The Morgan fingerprint density at radius 2 is 1.90 bits per heavy atom. The van der Waals surface area contributed by atoms with Gasteiger partial charge in [0.15, 0.2) is 5.78 Å². The third-order valence-corrected chi connectivity index (χ3v) is 3.74. The second-order valence-electron chi connectivity index (χ2n) is 5.28. The highest BCUT2D eigenvalue weighted by molar-refractivity contribution is 5.97. The molecule has 1 atom stereocenters. The monoisotopic (exact) mass is 274 g/mol. The molecule has 0 aromatic heterocycles. The first-order valence-electron chi connectivity index (χ1n) is 7.26. The zero-order valence-electron chi connectivity index (χ0n) is 12.2. The summed E-state index contributed by atoms with van der Waals surface area (Å²) >= 11 is 0. The Kier molecular flexibility index (Phi) is 4.90. The molecule has 2 rings (SSSR count). The number of rotatable bonds is 5. The van der Waals surface area contributed by atoms with Gasteiger partial charge in [0.2, 0.25) is 0 Å². The summed E-state index contributed by atoms with van der Waals surface area (Å²) in [4.78, 5) is 25.8. The normalized spacial score (nSPS) is 18.0. The van der Waals surface area contributed by atoms with Crippen LogP contribution >= 0.6 is 0 Å². The molecule has 1 N–H and O–H groups in total. The SMILES string of the molecule is CCCN(C(=O)c1ccc(C(C)=O)cc1)[C@H]1CCNC1. The molecule has 0 saturated carbocycles. The maximum Gasteiger partial charge on any atom is 0.254 e. The van der Waals surface area contributed by atoms with Gasteiger partial charge in [0.05, 0.1) is 0 Å². The lowest BCUT2D eigenvalue weighted by Crippen LogP contribution is -2.42. The summed E-state index contributed by atoms with van der Waals surface area (Å²) in [5.41, 5.74) is 1.31. The summed E-state index contributed by atoms with van der Waals surface area (Å²) in [5, 5.41) is 3.30. The number of hydrogen-bond acceptors (Lipinski definition) is 3. The van der Waals surface area contributed by atoms with Crippen molar-refractivity contribution in [2.75, 3.05) is 19.6 Å². The summed E-state index contributed by atoms with van der Waals surface area (Å²) in [6, 6.07) is 7.25. The summed E-state index contributed by atoms with van der Waals surface area (Å²) in [7, 11) is 0. The van der Waals surface area contributed by atoms with Gasteiger partial charge in [0, 0.05) is 30.3 Å². The van der Waals surface area contributed by atoms with Crippen LogP contribution in [0.25, 0.3) is 0 Å². The number of carbonyl (C=O) groups is 2. The third kappa shape index (κ3) is 3.25. The molecule has 20 heavy (non-hydrogen) atoms. The number of benzene rings is 1. The lowest BCUT2D eigenvalue weighted by Gasteiger charge is -2.28. The number of nitrogens with one attached hydrogen (secondary N) is 1. The fourth-order valence-electron chi connectivity index (χ4n) is 2.61. The summed E-state index contributed by atoms with van der Waals surface area (Å²) < 4.78 is 0. The van der Waals surface area contributed by atoms with Crippen LogP contribution in [0.2, 0.25) is 0 Å². The highest BCUT2D eigenvalue weighted by Gasteiger charge is 2.26. The number of amides is 1. The van der Waals surface area contributed by atoms with Crippen LogP contribution in [-0.2, 0) is 0 Å². The van der Waals surface area contributed by atoms with Crippen molar-refractivity contribution in [2.24, 2.45) is 0 Å². The minimum absolute atomic E-state index is 0.0226. The number of hydrogen-bond donors (Lipinski definition) is 1. The van der Waals surface area contributed by atoms with E-state index in [1.165, 1.54) is 6.92 Å². The van der Waals surface area contributed by atoms with E-state index in [2.05, 4.69) is 12.2 Å². The van der Waals surface area contributed by atoms with E-state index in [0.29, 0.717) is 11.1 Å². The van der Waals surface area contributed by atoms with Crippen LogP contribution < -0.4 is 5.32 Å². The summed E-state index contributed by atoms with van der Waals surface area (Å²) in [6.07, 6.45) is 1.96. The Morgan fingerprint density at radius 1 is 1.25 bits per heavy atom. The zero-order chi connectivity index (χ0) is 14.5. The Bertz CT molecular complexity index is 476. The van der Waals surface area contributed by atoms with Crippen molar-refractivity contribution in [3.8, 4) is 0 Å². The molecule has 1 aromatic rings. The minimum atomic E-state index is 0.0226. The van der Waals surface area contributed by atoms with Crippen molar-refractivity contribution in [2.45, 2.75) is 32.7 Å². The Balaban J connectivity index is 2.15. The second kappa shape index (κ2) is 6.66. The fraction of sp³-hybridized carbons (Fsp3) is 0.500. The van der Waals surface area contributed by atoms with Gasteiger partial charge in [-0.05, 0) is 38.4 Å². The molecule has 1 saturated heterocycles. The van der Waals surface area contributed by atoms with Crippen LogP contribution in [0.15, 0.2) is 24.3 Å². The first-order chi connectivity index (χ1) is 9.63. The van der Waals surface area contributed by atoms with Gasteiger partial charge in [0.25, 0.3) is 5.91 Å². The predicted molar refractivity (Wildman–Crippen MR) is 79.0 cm³/mol. The van der Waals surface area contributed by atoms with Crippen LogP contribution in [0.1, 0.15) is 47.4 Å². The molecule has 0 aliphatic carbocycles. The molecule has 1 heterocycles. The van der Waals surface area contributed by atoms with Gasteiger partial charge in [-0.15, -0.1) is 0 Å². The number of nitrogens with zero attached hydrogens (tertiary/aromatic N) is 1. The van der Waals surface area contributed by atoms with Gasteiger partial charge in [-0.2, -0.15) is 0 Å². The van der Waals surface area contributed by atoms with Crippen molar-refractivity contribution in [1.82, 2.24) is 10.2 Å². The molecule has 0 unspecified atom stereocenters. The van der Waals surface area contributed by atoms with Gasteiger partial charge in [0.1, 0.15) is 0 Å². The standard InChI is InChI=1S/C16H22N2O2/c1-3-10-18(15-8-9-17-11-15)16(20)14-6-4-13(5-7-14)12(2)19/h4-7,15,17H,3,8-11H2,1-2H3/t15-/m0/s1. The van der Waals surface area contributed by atoms with E-state index in [-0.39, 0.29) is 17.7 Å². The Labute approximate surface area is 120 Å². The predicted octanol–water partition coefficient (Wildman–Crippen LogP) is 2.10. The molecule has 4 heteroatoms. The molecule has 1 aromatic carbocycles. The van der Waals surface area contributed by atoms with E-state index < -0.39 is 0 Å².